The van der Waals surface area contributed by atoms with E-state index < -0.39 is 0 Å². The zero-order chi connectivity index (χ0) is 14.5. The monoisotopic (exact) mass is 310 g/mol. The van der Waals surface area contributed by atoms with Gasteiger partial charge in [0.25, 0.3) is 0 Å². The van der Waals surface area contributed by atoms with E-state index in [9.17, 15) is 4.79 Å². The third-order valence-electron chi connectivity index (χ3n) is 2.60. The molecule has 2 aromatic rings. The summed E-state index contributed by atoms with van der Waals surface area (Å²) in [6, 6.07) is 8.49. The quantitative estimate of drug-likeness (QED) is 0.939. The summed E-state index contributed by atoms with van der Waals surface area (Å²) in [5.41, 5.74) is 0.630. The first kappa shape index (κ1) is 14.6. The van der Waals surface area contributed by atoms with Crippen LogP contribution in [0, 0.1) is 0 Å². The van der Waals surface area contributed by atoms with Gasteiger partial charge in [0.1, 0.15) is 11.6 Å². The average molecular weight is 311 g/mol. The molecule has 0 saturated carbocycles. The molecule has 0 aliphatic rings. The van der Waals surface area contributed by atoms with Crippen LogP contribution in [0.15, 0.2) is 36.5 Å². The third-order valence-corrected chi connectivity index (χ3v) is 3.25. The van der Waals surface area contributed by atoms with Crippen molar-refractivity contribution in [1.82, 2.24) is 4.98 Å². The highest BCUT2D eigenvalue weighted by atomic mass is 35.5. The van der Waals surface area contributed by atoms with Gasteiger partial charge in [-0.25, -0.2) is 4.98 Å². The summed E-state index contributed by atoms with van der Waals surface area (Å²) in [5, 5.41) is 3.53. The number of aromatic nitrogens is 1. The van der Waals surface area contributed by atoms with Crippen LogP contribution in [0.5, 0.6) is 5.75 Å². The van der Waals surface area contributed by atoms with Crippen LogP contribution in [-0.4, -0.2) is 18.0 Å². The fourth-order valence-electron chi connectivity index (χ4n) is 1.66. The number of hydrogen-bond acceptors (Lipinski definition) is 3. The molecule has 0 spiro atoms. The molecule has 1 aromatic carbocycles. The molecule has 1 aromatic heterocycles. The predicted octanol–water partition coefficient (Wildman–Crippen LogP) is 3.58. The average Bonchev–Trinajstić information content (AvgIpc) is 2.43. The summed E-state index contributed by atoms with van der Waals surface area (Å²) in [6.07, 6.45) is 1.71. The molecule has 0 radical (unpaired) electrons. The minimum Gasteiger partial charge on any atom is -0.495 e. The van der Waals surface area contributed by atoms with Crippen molar-refractivity contribution in [2.24, 2.45) is 0 Å². The Morgan fingerprint density at radius 1 is 1.30 bits per heavy atom. The lowest BCUT2D eigenvalue weighted by atomic mass is 10.1. The fourth-order valence-corrected chi connectivity index (χ4v) is 2.14. The highest BCUT2D eigenvalue weighted by Gasteiger charge is 2.12. The number of ether oxygens (including phenoxy) is 1. The predicted molar refractivity (Wildman–Crippen MR) is 79.6 cm³/mol. The first-order valence-corrected chi connectivity index (χ1v) is 6.58. The number of methoxy groups -OCH3 is 1. The van der Waals surface area contributed by atoms with Crippen molar-refractivity contribution in [3.63, 3.8) is 0 Å². The minimum atomic E-state index is -0.216. The molecule has 0 unspecified atom stereocenters. The van der Waals surface area contributed by atoms with Crippen molar-refractivity contribution in [1.29, 1.82) is 0 Å². The van der Waals surface area contributed by atoms with E-state index in [0.29, 0.717) is 27.2 Å². The Morgan fingerprint density at radius 2 is 2.10 bits per heavy atom. The molecule has 20 heavy (non-hydrogen) atoms. The van der Waals surface area contributed by atoms with Gasteiger partial charge in [0.15, 0.2) is 0 Å². The van der Waals surface area contributed by atoms with Gasteiger partial charge < -0.3 is 10.1 Å². The molecule has 4 nitrogen and oxygen atoms in total. The number of carbonyl (C=O) groups is 1. The maximum atomic E-state index is 11.9. The molecule has 2 rings (SSSR count). The number of halogens is 2. The lowest BCUT2D eigenvalue weighted by Crippen LogP contribution is -2.15. The van der Waals surface area contributed by atoms with Gasteiger partial charge in [-0.15, -0.1) is 0 Å². The topological polar surface area (TPSA) is 51.2 Å². The minimum absolute atomic E-state index is 0.110. The summed E-state index contributed by atoms with van der Waals surface area (Å²) in [6.45, 7) is 0. The van der Waals surface area contributed by atoms with Crippen molar-refractivity contribution in [2.75, 3.05) is 12.4 Å². The standard InChI is InChI=1S/C14H12Cl2N2O2/c1-20-12-8-10(15)9(6-11(12)16)7-14(19)18-13-4-2-3-5-17-13/h2-6,8H,7H2,1H3,(H,17,18,19). The SMILES string of the molecule is COc1cc(Cl)c(CC(=O)Nc2ccccn2)cc1Cl. The van der Waals surface area contributed by atoms with E-state index in [1.54, 1.807) is 36.5 Å². The van der Waals surface area contributed by atoms with Gasteiger partial charge in [-0.05, 0) is 23.8 Å². The van der Waals surface area contributed by atoms with Crippen LogP contribution in [0.4, 0.5) is 5.82 Å². The van der Waals surface area contributed by atoms with Crippen LogP contribution in [0.1, 0.15) is 5.56 Å². The van der Waals surface area contributed by atoms with Crippen molar-refractivity contribution >= 4 is 34.9 Å². The number of pyridine rings is 1. The molecule has 0 fully saturated rings. The molecule has 1 N–H and O–H groups in total. The second-order valence-electron chi connectivity index (χ2n) is 4.02. The van der Waals surface area contributed by atoms with E-state index in [1.807, 2.05) is 0 Å². The zero-order valence-corrected chi connectivity index (χ0v) is 12.2. The maximum absolute atomic E-state index is 11.9. The van der Waals surface area contributed by atoms with Gasteiger partial charge in [0, 0.05) is 17.3 Å². The summed E-state index contributed by atoms with van der Waals surface area (Å²) in [7, 11) is 1.50. The van der Waals surface area contributed by atoms with Crippen LogP contribution in [0.2, 0.25) is 10.0 Å². The van der Waals surface area contributed by atoms with Crippen LogP contribution < -0.4 is 10.1 Å². The maximum Gasteiger partial charge on any atom is 0.230 e. The largest absolute Gasteiger partial charge is 0.495 e. The molecule has 0 aliphatic carbocycles. The molecular weight excluding hydrogens is 299 g/mol. The van der Waals surface area contributed by atoms with Crippen LogP contribution in [0.25, 0.3) is 0 Å². The van der Waals surface area contributed by atoms with E-state index >= 15 is 0 Å². The molecular formula is C14H12Cl2N2O2. The van der Waals surface area contributed by atoms with Gasteiger partial charge in [-0.2, -0.15) is 0 Å². The number of carbonyl (C=O) groups excluding carboxylic acids is 1. The summed E-state index contributed by atoms with van der Waals surface area (Å²) in [5.74, 6) is 0.755. The lowest BCUT2D eigenvalue weighted by Gasteiger charge is -2.09. The highest BCUT2D eigenvalue weighted by Crippen LogP contribution is 2.31. The molecule has 104 valence electrons. The van der Waals surface area contributed by atoms with Crippen LogP contribution in [0.3, 0.4) is 0 Å². The summed E-state index contributed by atoms with van der Waals surface area (Å²) >= 11 is 12.1. The van der Waals surface area contributed by atoms with E-state index in [0.717, 1.165) is 0 Å². The number of amides is 1. The van der Waals surface area contributed by atoms with Gasteiger partial charge >= 0.3 is 0 Å². The molecule has 6 heteroatoms. The molecule has 1 amide bonds. The second-order valence-corrected chi connectivity index (χ2v) is 4.83. The molecule has 0 saturated heterocycles. The number of rotatable bonds is 4. The van der Waals surface area contributed by atoms with Gasteiger partial charge in [-0.3, -0.25) is 4.79 Å². The lowest BCUT2D eigenvalue weighted by molar-refractivity contribution is -0.115. The molecule has 0 bridgehead atoms. The Hall–Kier alpha value is -1.78. The third kappa shape index (κ3) is 3.62. The van der Waals surface area contributed by atoms with Gasteiger partial charge in [0.2, 0.25) is 5.91 Å². The normalized spacial score (nSPS) is 10.2. The Morgan fingerprint density at radius 3 is 2.75 bits per heavy atom. The van der Waals surface area contributed by atoms with E-state index in [1.165, 1.54) is 7.11 Å². The molecule has 1 heterocycles. The van der Waals surface area contributed by atoms with Crippen molar-refractivity contribution in [2.45, 2.75) is 6.42 Å². The number of anilines is 1. The number of benzene rings is 1. The Labute approximate surface area is 126 Å². The highest BCUT2D eigenvalue weighted by molar-refractivity contribution is 6.35. The van der Waals surface area contributed by atoms with Crippen LogP contribution in [-0.2, 0) is 11.2 Å². The summed E-state index contributed by atoms with van der Waals surface area (Å²) < 4.78 is 5.05. The first-order chi connectivity index (χ1) is 9.60. The van der Waals surface area contributed by atoms with Crippen molar-refractivity contribution in [3.8, 4) is 5.75 Å². The van der Waals surface area contributed by atoms with E-state index in [-0.39, 0.29) is 12.3 Å². The van der Waals surface area contributed by atoms with E-state index in [4.69, 9.17) is 27.9 Å². The fraction of sp³-hybridized carbons (Fsp3) is 0.143. The van der Waals surface area contributed by atoms with E-state index in [2.05, 4.69) is 10.3 Å². The number of nitrogens with zero attached hydrogens (tertiary/aromatic N) is 1. The van der Waals surface area contributed by atoms with Gasteiger partial charge in [-0.1, -0.05) is 29.3 Å². The molecule has 0 aliphatic heterocycles. The van der Waals surface area contributed by atoms with Crippen molar-refractivity contribution in [3.05, 3.63) is 52.1 Å². The Kier molecular flexibility index (Phi) is 4.82. The Balaban J connectivity index is 2.10. The smallest absolute Gasteiger partial charge is 0.230 e. The van der Waals surface area contributed by atoms with Crippen LogP contribution >= 0.6 is 23.2 Å². The van der Waals surface area contributed by atoms with Crippen molar-refractivity contribution < 1.29 is 9.53 Å². The number of nitrogens with one attached hydrogen (secondary N) is 1. The summed E-state index contributed by atoms with van der Waals surface area (Å²) in [4.78, 5) is 15.9. The molecule has 0 atom stereocenters. The number of hydrogen-bond donors (Lipinski definition) is 1. The first-order valence-electron chi connectivity index (χ1n) is 5.83. The zero-order valence-electron chi connectivity index (χ0n) is 10.7. The Bertz CT molecular complexity index is 618. The second kappa shape index (κ2) is 6.59. The van der Waals surface area contributed by atoms with Gasteiger partial charge in [0.05, 0.1) is 18.6 Å².